The van der Waals surface area contributed by atoms with Gasteiger partial charge in [0.15, 0.2) is 11.9 Å². The smallest absolute Gasteiger partial charge is 0.180 e. The molecular formula is C21H18ClN5O3. The number of hydrogen-bond acceptors (Lipinski definition) is 7. The first-order valence-corrected chi connectivity index (χ1v) is 9.78. The van der Waals surface area contributed by atoms with Crippen molar-refractivity contribution in [3.05, 3.63) is 65.9 Å². The molecule has 2 aromatic heterocycles. The van der Waals surface area contributed by atoms with E-state index in [9.17, 15) is 10.2 Å². The number of ether oxygens (including phenoxy) is 1. The number of nitrogens with zero attached hydrogens (tertiary/aromatic N) is 4. The molecule has 0 radical (unpaired) electrons. The second-order valence-electron chi connectivity index (χ2n) is 6.99. The van der Waals surface area contributed by atoms with E-state index < -0.39 is 18.4 Å². The Labute approximate surface area is 176 Å². The van der Waals surface area contributed by atoms with Crippen LogP contribution in [0.1, 0.15) is 6.23 Å². The molecule has 3 heterocycles. The minimum absolute atomic E-state index is 0.0175. The maximum Gasteiger partial charge on any atom is 0.180 e. The van der Waals surface area contributed by atoms with Gasteiger partial charge < -0.3 is 20.3 Å². The van der Waals surface area contributed by atoms with Gasteiger partial charge in [0.2, 0.25) is 0 Å². The van der Waals surface area contributed by atoms with Crippen LogP contribution in [0.4, 0.5) is 11.5 Å². The van der Waals surface area contributed by atoms with E-state index in [-0.39, 0.29) is 6.61 Å². The number of benzene rings is 2. The molecule has 4 aromatic rings. The molecule has 3 atom stereocenters. The minimum Gasteiger partial charge on any atom is -0.388 e. The van der Waals surface area contributed by atoms with Crippen molar-refractivity contribution in [2.24, 2.45) is 0 Å². The fourth-order valence-corrected chi connectivity index (χ4v) is 3.64. The van der Waals surface area contributed by atoms with Crippen LogP contribution in [0.25, 0.3) is 22.3 Å². The summed E-state index contributed by atoms with van der Waals surface area (Å²) in [7, 11) is 0. The van der Waals surface area contributed by atoms with E-state index in [1.807, 2.05) is 42.5 Å². The number of fused-ring (bicyclic) bond motifs is 1. The zero-order chi connectivity index (χ0) is 20.7. The fourth-order valence-electron chi connectivity index (χ4n) is 3.51. The van der Waals surface area contributed by atoms with Gasteiger partial charge in [-0.25, -0.2) is 14.6 Å². The predicted molar refractivity (Wildman–Crippen MR) is 112 cm³/mol. The van der Waals surface area contributed by atoms with E-state index in [2.05, 4.69) is 15.3 Å². The van der Waals surface area contributed by atoms with Gasteiger partial charge in [0.1, 0.15) is 30.0 Å². The predicted octanol–water partition coefficient (Wildman–Crippen LogP) is 3.14. The van der Waals surface area contributed by atoms with Crippen molar-refractivity contribution in [1.29, 1.82) is 0 Å². The van der Waals surface area contributed by atoms with Crippen LogP contribution >= 0.6 is 11.6 Å². The second-order valence-corrected chi connectivity index (χ2v) is 7.43. The first kappa shape index (κ1) is 19.0. The molecule has 0 unspecified atom stereocenters. The highest BCUT2D eigenvalue weighted by Gasteiger charge is 2.38. The summed E-state index contributed by atoms with van der Waals surface area (Å²) in [5.74, 6) is 0.565. The van der Waals surface area contributed by atoms with E-state index in [1.54, 1.807) is 12.1 Å². The number of aromatic nitrogens is 4. The Morgan fingerprint density at radius 1 is 1.03 bits per heavy atom. The molecule has 1 fully saturated rings. The summed E-state index contributed by atoms with van der Waals surface area (Å²) in [4.78, 5) is 8.83. The van der Waals surface area contributed by atoms with Gasteiger partial charge in [-0.1, -0.05) is 41.9 Å². The lowest BCUT2D eigenvalue weighted by Crippen LogP contribution is -2.28. The summed E-state index contributed by atoms with van der Waals surface area (Å²) < 4.78 is 7.09. The van der Waals surface area contributed by atoms with E-state index in [4.69, 9.17) is 21.4 Å². The van der Waals surface area contributed by atoms with Crippen LogP contribution in [0.3, 0.4) is 0 Å². The Morgan fingerprint density at radius 2 is 1.80 bits per heavy atom. The first-order valence-electron chi connectivity index (χ1n) is 9.41. The summed E-state index contributed by atoms with van der Waals surface area (Å²) in [6.45, 7) is 0.0175. The molecule has 1 aliphatic rings. The molecule has 8 nitrogen and oxygen atoms in total. The van der Waals surface area contributed by atoms with Gasteiger partial charge in [-0.3, -0.25) is 0 Å². The summed E-state index contributed by atoms with van der Waals surface area (Å²) in [5.41, 5.74) is 2.76. The minimum atomic E-state index is -1.12. The van der Waals surface area contributed by atoms with E-state index >= 15 is 0 Å². The third kappa shape index (κ3) is 3.29. The third-order valence-corrected chi connectivity index (χ3v) is 5.26. The van der Waals surface area contributed by atoms with Crippen LogP contribution < -0.4 is 5.32 Å². The maximum atomic E-state index is 10.4. The number of nitrogens with one attached hydrogen (secondary N) is 1. The number of aliphatic hydroxyl groups is 2. The molecule has 3 N–H and O–H groups in total. The van der Waals surface area contributed by atoms with Crippen molar-refractivity contribution in [2.45, 2.75) is 18.4 Å². The summed E-state index contributed by atoms with van der Waals surface area (Å²) >= 11 is 6.06. The van der Waals surface area contributed by atoms with Crippen molar-refractivity contribution in [3.8, 4) is 11.3 Å². The quantitative estimate of drug-likeness (QED) is 0.463. The van der Waals surface area contributed by atoms with Crippen LogP contribution in [0.15, 0.2) is 60.9 Å². The third-order valence-electron chi connectivity index (χ3n) is 5.01. The number of aliphatic hydroxyl groups excluding tert-OH is 2. The number of rotatable bonds is 4. The Balaban J connectivity index is 1.71. The van der Waals surface area contributed by atoms with Crippen molar-refractivity contribution in [3.63, 3.8) is 0 Å². The molecule has 1 saturated heterocycles. The summed E-state index contributed by atoms with van der Waals surface area (Å²) in [6, 6.07) is 16.9. The summed E-state index contributed by atoms with van der Waals surface area (Å²) in [5, 5.41) is 29.6. The average molecular weight is 424 g/mol. The molecule has 0 aliphatic carbocycles. The molecule has 0 saturated carbocycles. The van der Waals surface area contributed by atoms with Crippen molar-refractivity contribution >= 4 is 34.1 Å². The zero-order valence-electron chi connectivity index (χ0n) is 15.7. The molecule has 152 valence electrons. The van der Waals surface area contributed by atoms with E-state index in [0.717, 1.165) is 11.3 Å². The van der Waals surface area contributed by atoms with Crippen LogP contribution in [-0.2, 0) is 4.74 Å². The summed E-state index contributed by atoms with van der Waals surface area (Å²) in [6.07, 6.45) is -1.54. The highest BCUT2D eigenvalue weighted by molar-refractivity contribution is 6.30. The molecule has 0 bridgehead atoms. The van der Waals surface area contributed by atoms with Crippen LogP contribution in [0.2, 0.25) is 5.02 Å². The number of halogens is 1. The van der Waals surface area contributed by atoms with Gasteiger partial charge in [-0.2, -0.15) is 5.10 Å². The standard InChI is InChI=1S/C21H18ClN5O3/c22-13-8-6-12(7-9-13)17-16-19(25-14-4-2-1-3-5-14)23-11-24-20(16)27(26-17)21-18(29)15(28)10-30-21/h1-9,11,15,18,21,28-29H,10H2,(H,23,24,25)/t15-,18-,21-/m1/s1. The van der Waals surface area contributed by atoms with Gasteiger partial charge in [-0.15, -0.1) is 0 Å². The molecule has 0 spiro atoms. The molecule has 1 aliphatic heterocycles. The van der Waals surface area contributed by atoms with Crippen molar-refractivity contribution in [2.75, 3.05) is 11.9 Å². The number of anilines is 2. The Bertz CT molecular complexity index is 1180. The van der Waals surface area contributed by atoms with E-state index in [1.165, 1.54) is 11.0 Å². The fraction of sp³-hybridized carbons (Fsp3) is 0.190. The Kier molecular flexibility index (Phi) is 4.84. The molecule has 2 aromatic carbocycles. The monoisotopic (exact) mass is 423 g/mol. The SMILES string of the molecule is O[C@@H]1[C@H](O)CO[C@H]1n1nc(-c2ccc(Cl)cc2)c2c(Nc3ccccc3)ncnc21. The Hall–Kier alpha value is -3.04. The molecular weight excluding hydrogens is 406 g/mol. The topological polar surface area (TPSA) is 105 Å². The average Bonchev–Trinajstić information content (AvgIpc) is 3.30. The lowest BCUT2D eigenvalue weighted by molar-refractivity contribution is -0.0231. The lowest BCUT2D eigenvalue weighted by atomic mass is 10.1. The normalized spacial score (nSPS) is 21.2. The number of para-hydroxylation sites is 1. The van der Waals surface area contributed by atoms with Crippen molar-refractivity contribution < 1.29 is 14.9 Å². The highest BCUT2D eigenvalue weighted by atomic mass is 35.5. The number of hydrogen-bond donors (Lipinski definition) is 3. The van der Waals surface area contributed by atoms with Gasteiger partial charge >= 0.3 is 0 Å². The molecule has 9 heteroatoms. The van der Waals surface area contributed by atoms with E-state index in [0.29, 0.717) is 27.6 Å². The van der Waals surface area contributed by atoms with Crippen molar-refractivity contribution in [1.82, 2.24) is 19.7 Å². The van der Waals surface area contributed by atoms with Gasteiger partial charge in [0, 0.05) is 16.3 Å². The largest absolute Gasteiger partial charge is 0.388 e. The lowest BCUT2D eigenvalue weighted by Gasteiger charge is -2.15. The molecule has 5 rings (SSSR count). The Morgan fingerprint density at radius 3 is 2.50 bits per heavy atom. The first-order chi connectivity index (χ1) is 14.6. The zero-order valence-corrected chi connectivity index (χ0v) is 16.4. The molecule has 0 amide bonds. The van der Waals surface area contributed by atoms with Crippen LogP contribution in [-0.4, -0.2) is 48.8 Å². The highest BCUT2D eigenvalue weighted by Crippen LogP contribution is 2.36. The van der Waals surface area contributed by atoms with Gasteiger partial charge in [0.05, 0.1) is 12.0 Å². The second kappa shape index (κ2) is 7.66. The van der Waals surface area contributed by atoms with Gasteiger partial charge in [-0.05, 0) is 24.3 Å². The maximum absolute atomic E-state index is 10.4. The van der Waals surface area contributed by atoms with Crippen LogP contribution in [0, 0.1) is 0 Å². The van der Waals surface area contributed by atoms with Gasteiger partial charge in [0.25, 0.3) is 0 Å². The molecule has 30 heavy (non-hydrogen) atoms. The van der Waals surface area contributed by atoms with Crippen LogP contribution in [0.5, 0.6) is 0 Å².